The van der Waals surface area contributed by atoms with E-state index >= 15 is 0 Å². The van der Waals surface area contributed by atoms with E-state index in [9.17, 15) is 19.0 Å². The lowest BCUT2D eigenvalue weighted by Crippen LogP contribution is -2.24. The average molecular weight is 339 g/mol. The molecule has 122 valence electrons. The van der Waals surface area contributed by atoms with Gasteiger partial charge in [-0.05, 0) is 49.2 Å². The molecule has 0 aliphatic rings. The van der Waals surface area contributed by atoms with Crippen LogP contribution in [0.1, 0.15) is 31.4 Å². The van der Waals surface area contributed by atoms with E-state index in [4.69, 9.17) is 11.6 Å². The van der Waals surface area contributed by atoms with E-state index in [-0.39, 0.29) is 23.3 Å². The van der Waals surface area contributed by atoms with Crippen LogP contribution in [0.4, 0.5) is 8.78 Å². The van der Waals surface area contributed by atoms with Crippen LogP contribution in [0.2, 0.25) is 5.02 Å². The van der Waals surface area contributed by atoms with Crippen LogP contribution < -0.4 is 0 Å². The zero-order chi connectivity index (χ0) is 17.2. The molecule has 1 atom stereocenters. The summed E-state index contributed by atoms with van der Waals surface area (Å²) in [5.74, 6) is -1.49. The molecule has 2 rings (SSSR count). The molecule has 0 heterocycles. The fourth-order valence-corrected chi connectivity index (χ4v) is 2.32. The maximum Gasteiger partial charge on any atom is 0.140 e. The Morgan fingerprint density at radius 2 is 1.78 bits per heavy atom. The number of benzene rings is 2. The number of aliphatic hydroxyl groups is 1. The standard InChI is InChI=1S/C18H17ClF2O2/c1-3-18(2,23)17(21)16(11-4-7-13(20)8-5-11)14-9-6-12(19)10-15(14)22/h4-10,22-23H,3H2,1-2H3/b17-16+. The van der Waals surface area contributed by atoms with E-state index in [1.807, 2.05) is 0 Å². The van der Waals surface area contributed by atoms with Crippen LogP contribution in [0.5, 0.6) is 5.75 Å². The van der Waals surface area contributed by atoms with Crippen LogP contribution >= 0.6 is 11.6 Å². The Balaban J connectivity index is 2.75. The molecule has 0 aliphatic carbocycles. The van der Waals surface area contributed by atoms with E-state index < -0.39 is 17.2 Å². The van der Waals surface area contributed by atoms with Gasteiger partial charge in [0.1, 0.15) is 23.0 Å². The lowest BCUT2D eigenvalue weighted by atomic mass is 9.89. The minimum atomic E-state index is -1.71. The topological polar surface area (TPSA) is 40.5 Å². The van der Waals surface area contributed by atoms with Crippen molar-refractivity contribution in [3.63, 3.8) is 0 Å². The third-order valence-corrected chi connectivity index (χ3v) is 3.98. The molecule has 5 heteroatoms. The molecule has 2 N–H and O–H groups in total. The molecule has 0 bridgehead atoms. The van der Waals surface area contributed by atoms with Gasteiger partial charge in [-0.15, -0.1) is 0 Å². The summed E-state index contributed by atoms with van der Waals surface area (Å²) >= 11 is 5.82. The molecular formula is C18H17ClF2O2. The maximum absolute atomic E-state index is 15.0. The van der Waals surface area contributed by atoms with Gasteiger partial charge in [0.25, 0.3) is 0 Å². The fraction of sp³-hybridized carbons (Fsp3) is 0.222. The Kier molecular flexibility index (Phi) is 5.07. The van der Waals surface area contributed by atoms with Gasteiger partial charge in [-0.3, -0.25) is 0 Å². The largest absolute Gasteiger partial charge is 0.507 e. The quantitative estimate of drug-likeness (QED) is 0.816. The van der Waals surface area contributed by atoms with Crippen molar-refractivity contribution in [1.82, 2.24) is 0 Å². The summed E-state index contributed by atoms with van der Waals surface area (Å²) in [6.45, 7) is 2.99. The zero-order valence-electron chi connectivity index (χ0n) is 12.8. The van der Waals surface area contributed by atoms with Crippen LogP contribution in [-0.2, 0) is 0 Å². The van der Waals surface area contributed by atoms with Crippen LogP contribution in [0.3, 0.4) is 0 Å². The first-order valence-corrected chi connectivity index (χ1v) is 7.51. The molecule has 0 amide bonds. The van der Waals surface area contributed by atoms with E-state index in [0.29, 0.717) is 10.6 Å². The van der Waals surface area contributed by atoms with Gasteiger partial charge >= 0.3 is 0 Å². The van der Waals surface area contributed by atoms with Gasteiger partial charge in [0.15, 0.2) is 0 Å². The zero-order valence-corrected chi connectivity index (χ0v) is 13.5. The number of hydrogen-bond acceptors (Lipinski definition) is 2. The number of hydrogen-bond donors (Lipinski definition) is 2. The van der Waals surface area contributed by atoms with Crippen molar-refractivity contribution in [1.29, 1.82) is 0 Å². The number of phenols is 1. The van der Waals surface area contributed by atoms with Crippen LogP contribution in [0.25, 0.3) is 5.57 Å². The molecule has 23 heavy (non-hydrogen) atoms. The van der Waals surface area contributed by atoms with Gasteiger partial charge in [0, 0.05) is 16.2 Å². The maximum atomic E-state index is 15.0. The molecule has 0 fully saturated rings. The molecule has 0 spiro atoms. The second-order valence-electron chi connectivity index (χ2n) is 5.48. The molecule has 0 aromatic heterocycles. The van der Waals surface area contributed by atoms with Crippen molar-refractivity contribution in [2.45, 2.75) is 25.9 Å². The first kappa shape index (κ1) is 17.4. The monoisotopic (exact) mass is 338 g/mol. The molecule has 2 nitrogen and oxygen atoms in total. The average Bonchev–Trinajstić information content (AvgIpc) is 2.51. The molecule has 1 unspecified atom stereocenters. The molecule has 0 radical (unpaired) electrons. The second kappa shape index (κ2) is 6.69. The summed E-state index contributed by atoms with van der Waals surface area (Å²) in [4.78, 5) is 0. The van der Waals surface area contributed by atoms with Crippen LogP contribution in [-0.4, -0.2) is 15.8 Å². The van der Waals surface area contributed by atoms with Crippen molar-refractivity contribution in [3.05, 3.63) is 70.3 Å². The van der Waals surface area contributed by atoms with Gasteiger partial charge in [0.05, 0.1) is 0 Å². The Labute approximate surface area is 138 Å². The lowest BCUT2D eigenvalue weighted by Gasteiger charge is -2.23. The van der Waals surface area contributed by atoms with Gasteiger partial charge < -0.3 is 10.2 Å². The first-order chi connectivity index (χ1) is 10.8. The summed E-state index contributed by atoms with van der Waals surface area (Å²) in [6.07, 6.45) is 0.137. The fourth-order valence-electron chi connectivity index (χ4n) is 2.16. The summed E-state index contributed by atoms with van der Waals surface area (Å²) in [5.41, 5.74) is -1.19. The summed E-state index contributed by atoms with van der Waals surface area (Å²) in [7, 11) is 0. The smallest absolute Gasteiger partial charge is 0.140 e. The number of rotatable bonds is 4. The predicted octanol–water partition coefficient (Wildman–Crippen LogP) is 5.07. The third kappa shape index (κ3) is 3.71. The number of phenolic OH excluding ortho intramolecular Hbond substituents is 1. The second-order valence-corrected chi connectivity index (χ2v) is 5.92. The highest BCUT2D eigenvalue weighted by Gasteiger charge is 2.29. The van der Waals surface area contributed by atoms with E-state index in [2.05, 4.69) is 0 Å². The van der Waals surface area contributed by atoms with Gasteiger partial charge in [-0.1, -0.05) is 30.7 Å². The van der Waals surface area contributed by atoms with Crippen molar-refractivity contribution < 1.29 is 19.0 Å². The lowest BCUT2D eigenvalue weighted by molar-refractivity contribution is 0.0713. The first-order valence-electron chi connectivity index (χ1n) is 7.13. The Bertz CT molecular complexity index is 737. The highest BCUT2D eigenvalue weighted by Crippen LogP contribution is 2.39. The minimum absolute atomic E-state index is 0.00557. The summed E-state index contributed by atoms with van der Waals surface area (Å²) < 4.78 is 28.1. The van der Waals surface area contributed by atoms with Crippen LogP contribution in [0, 0.1) is 5.82 Å². The Morgan fingerprint density at radius 3 is 2.30 bits per heavy atom. The molecule has 0 saturated heterocycles. The summed E-state index contributed by atoms with van der Waals surface area (Å²) in [6, 6.07) is 9.42. The van der Waals surface area contributed by atoms with Crippen molar-refractivity contribution in [2.75, 3.05) is 0 Å². The van der Waals surface area contributed by atoms with Gasteiger partial charge in [0.2, 0.25) is 0 Å². The van der Waals surface area contributed by atoms with Crippen molar-refractivity contribution >= 4 is 17.2 Å². The normalized spacial score (nSPS) is 15.0. The molecular weight excluding hydrogens is 322 g/mol. The van der Waals surface area contributed by atoms with Gasteiger partial charge in [-0.2, -0.15) is 0 Å². The minimum Gasteiger partial charge on any atom is -0.507 e. The Morgan fingerprint density at radius 1 is 1.17 bits per heavy atom. The molecule has 2 aromatic rings. The number of halogens is 3. The van der Waals surface area contributed by atoms with Crippen LogP contribution in [0.15, 0.2) is 48.3 Å². The highest BCUT2D eigenvalue weighted by atomic mass is 35.5. The van der Waals surface area contributed by atoms with E-state index in [0.717, 1.165) is 0 Å². The third-order valence-electron chi connectivity index (χ3n) is 3.74. The van der Waals surface area contributed by atoms with E-state index in [1.165, 1.54) is 49.4 Å². The molecule has 2 aromatic carbocycles. The van der Waals surface area contributed by atoms with E-state index in [1.54, 1.807) is 6.92 Å². The van der Waals surface area contributed by atoms with Crippen molar-refractivity contribution in [3.8, 4) is 5.75 Å². The highest BCUT2D eigenvalue weighted by molar-refractivity contribution is 6.30. The SMILES string of the molecule is CCC(C)(O)/C(F)=C(/c1ccc(F)cc1)c1ccc(Cl)cc1O. The molecule has 0 saturated carbocycles. The molecule has 0 aliphatic heterocycles. The summed E-state index contributed by atoms with van der Waals surface area (Å²) in [5, 5.41) is 20.7. The predicted molar refractivity (Wildman–Crippen MR) is 87.6 cm³/mol. The van der Waals surface area contributed by atoms with Crippen molar-refractivity contribution in [2.24, 2.45) is 0 Å². The number of aromatic hydroxyl groups is 1. The Hall–Kier alpha value is -1.91. The van der Waals surface area contributed by atoms with Gasteiger partial charge in [-0.25, -0.2) is 8.78 Å².